The van der Waals surface area contributed by atoms with E-state index >= 15 is 0 Å². The van der Waals surface area contributed by atoms with Crippen LogP contribution in [0.3, 0.4) is 0 Å². The lowest BCUT2D eigenvalue weighted by atomic mass is 9.91. The van der Waals surface area contributed by atoms with Gasteiger partial charge in [-0.15, -0.1) is 0 Å². The smallest absolute Gasteiger partial charge is 0.0755 e. The number of rotatable bonds is 3. The molecule has 3 aliphatic rings. The third-order valence-corrected chi connectivity index (χ3v) is 6.88. The molecule has 32 heavy (non-hydrogen) atoms. The van der Waals surface area contributed by atoms with E-state index in [0.29, 0.717) is 6.04 Å². The molecule has 2 saturated heterocycles. The van der Waals surface area contributed by atoms with Gasteiger partial charge in [-0.25, -0.2) is 0 Å². The molecule has 3 N–H and O–H groups in total. The number of hydrogen-bond donors (Lipinski definition) is 2. The van der Waals surface area contributed by atoms with Crippen molar-refractivity contribution in [3.8, 4) is 0 Å². The van der Waals surface area contributed by atoms with Crippen molar-refractivity contribution < 1.29 is 4.74 Å². The van der Waals surface area contributed by atoms with Gasteiger partial charge in [-0.3, -0.25) is 9.67 Å². The molecule has 0 saturated carbocycles. The van der Waals surface area contributed by atoms with Crippen molar-refractivity contribution in [2.24, 2.45) is 17.8 Å². The molecule has 4 heterocycles. The van der Waals surface area contributed by atoms with Crippen molar-refractivity contribution in [2.75, 3.05) is 37.7 Å². The molecule has 0 atom stereocenters. The summed E-state index contributed by atoms with van der Waals surface area (Å²) in [7, 11) is 1.97. The van der Waals surface area contributed by atoms with E-state index in [4.69, 9.17) is 15.5 Å². The Bertz CT molecular complexity index is 1020. The highest BCUT2D eigenvalue weighted by Gasteiger charge is 2.23. The van der Waals surface area contributed by atoms with Crippen molar-refractivity contribution in [2.45, 2.75) is 44.7 Å². The molecule has 0 unspecified atom stereocenters. The number of fused-ring (bicyclic) bond motifs is 1. The predicted octanol–water partition coefficient (Wildman–Crippen LogP) is 2.66. The van der Waals surface area contributed by atoms with Crippen molar-refractivity contribution >= 4 is 17.1 Å². The van der Waals surface area contributed by atoms with Gasteiger partial charge in [0.2, 0.25) is 0 Å². The number of ether oxygens (including phenoxy) is 1. The number of hydrogen-bond acceptors (Lipinski definition) is 6. The van der Waals surface area contributed by atoms with Crippen LogP contribution >= 0.6 is 0 Å². The number of aliphatic imine (C=N–C) groups is 1. The third kappa shape index (κ3) is 4.45. The van der Waals surface area contributed by atoms with Crippen LogP contribution in [0, 0.1) is 0 Å². The second-order valence-electron chi connectivity index (χ2n) is 9.08. The molecule has 7 nitrogen and oxygen atoms in total. The van der Waals surface area contributed by atoms with Crippen LogP contribution in [0.4, 0.5) is 5.69 Å². The average Bonchev–Trinajstić information content (AvgIpc) is 3.13. The lowest BCUT2D eigenvalue weighted by Gasteiger charge is -2.26. The van der Waals surface area contributed by atoms with Gasteiger partial charge in [0.15, 0.2) is 0 Å². The molecule has 1 aromatic heterocycles. The molecule has 2 aromatic rings. The Morgan fingerprint density at radius 2 is 2.12 bits per heavy atom. The van der Waals surface area contributed by atoms with Crippen LogP contribution in [0.5, 0.6) is 0 Å². The number of nitrogens with zero attached hydrogens (tertiary/aromatic N) is 4. The molecule has 1 aromatic carbocycles. The van der Waals surface area contributed by atoms with E-state index in [1.165, 1.54) is 33.7 Å². The number of anilines is 1. The number of aromatic nitrogens is 2. The minimum atomic E-state index is 0.362. The second kappa shape index (κ2) is 9.46. The highest BCUT2D eigenvalue weighted by atomic mass is 16.5. The van der Waals surface area contributed by atoms with E-state index in [2.05, 4.69) is 39.7 Å². The van der Waals surface area contributed by atoms with Crippen LogP contribution in [0.2, 0.25) is 0 Å². The molecule has 7 heteroatoms. The summed E-state index contributed by atoms with van der Waals surface area (Å²) >= 11 is 0. The molecule has 0 amide bonds. The molecular weight excluding hydrogens is 400 g/mol. The van der Waals surface area contributed by atoms with E-state index < -0.39 is 0 Å². The number of nitrogens with two attached hydrogens (primary N) is 1. The summed E-state index contributed by atoms with van der Waals surface area (Å²) < 4.78 is 7.39. The first kappa shape index (κ1) is 21.2. The van der Waals surface area contributed by atoms with Gasteiger partial charge in [0.25, 0.3) is 0 Å². The zero-order chi connectivity index (χ0) is 21.9. The summed E-state index contributed by atoms with van der Waals surface area (Å²) in [6, 6.07) is 6.96. The van der Waals surface area contributed by atoms with Gasteiger partial charge < -0.3 is 20.7 Å². The van der Waals surface area contributed by atoms with Gasteiger partial charge >= 0.3 is 0 Å². The van der Waals surface area contributed by atoms with Crippen LogP contribution in [-0.4, -0.2) is 54.4 Å². The van der Waals surface area contributed by atoms with Crippen LogP contribution in [-0.2, 0) is 24.8 Å². The normalized spacial score (nSPS) is 23.2. The molecular formula is C25H34N6O. The minimum Gasteiger partial charge on any atom is -0.398 e. The minimum absolute atomic E-state index is 0.362. The molecule has 0 spiro atoms. The van der Waals surface area contributed by atoms with Crippen LogP contribution in [0.25, 0.3) is 5.70 Å². The van der Waals surface area contributed by atoms with Gasteiger partial charge in [0, 0.05) is 81.6 Å². The molecule has 170 valence electrons. The van der Waals surface area contributed by atoms with E-state index in [1.807, 2.05) is 17.9 Å². The first-order chi connectivity index (χ1) is 15.7. The summed E-state index contributed by atoms with van der Waals surface area (Å²) in [5, 5.41) is 7.88. The highest BCUT2D eigenvalue weighted by molar-refractivity contribution is 6.07. The first-order valence-corrected chi connectivity index (χ1v) is 11.9. The fraction of sp³-hybridized carbons (Fsp3) is 0.520. The standard InChI is InChI=1S/C25H34N6O/c1-30-17-20(14-28-30)31-11-3-6-21-18(16-31)4-2-5-22(21)25(26)23-15-27-10-7-24(23)29-19-8-12-32-13-9-19/h2,4-5,14,17,19,27H,3,6-13,15-16,26H2,1H3. The summed E-state index contributed by atoms with van der Waals surface area (Å²) in [5.41, 5.74) is 15.3. The summed E-state index contributed by atoms with van der Waals surface area (Å²) in [6.45, 7) is 5.29. The number of piperidine rings is 1. The van der Waals surface area contributed by atoms with Crippen LogP contribution < -0.4 is 16.0 Å². The maximum absolute atomic E-state index is 6.90. The van der Waals surface area contributed by atoms with Crippen molar-refractivity contribution in [3.63, 3.8) is 0 Å². The van der Waals surface area contributed by atoms with Gasteiger partial charge in [0.1, 0.15) is 0 Å². The molecule has 5 rings (SSSR count). The number of aryl methyl sites for hydroxylation is 1. The average molecular weight is 435 g/mol. The topological polar surface area (TPSA) is 80.7 Å². The van der Waals surface area contributed by atoms with Crippen LogP contribution in [0.1, 0.15) is 42.4 Å². The van der Waals surface area contributed by atoms with E-state index in [0.717, 1.165) is 77.2 Å². The molecule has 0 aliphatic carbocycles. The molecule has 0 bridgehead atoms. The molecule has 0 radical (unpaired) electrons. The Morgan fingerprint density at radius 1 is 1.25 bits per heavy atom. The summed E-state index contributed by atoms with van der Waals surface area (Å²) in [4.78, 5) is 7.57. The van der Waals surface area contributed by atoms with Crippen molar-refractivity contribution in [3.05, 3.63) is 52.9 Å². The van der Waals surface area contributed by atoms with Crippen molar-refractivity contribution in [1.82, 2.24) is 15.1 Å². The molecule has 3 aliphatic heterocycles. The van der Waals surface area contributed by atoms with Crippen LogP contribution in [0.15, 0.2) is 41.2 Å². The Hall–Kier alpha value is -2.64. The lowest BCUT2D eigenvalue weighted by molar-refractivity contribution is 0.0871. The Morgan fingerprint density at radius 3 is 2.94 bits per heavy atom. The van der Waals surface area contributed by atoms with Gasteiger partial charge in [-0.05, 0) is 36.8 Å². The Kier molecular flexibility index (Phi) is 6.28. The van der Waals surface area contributed by atoms with Gasteiger partial charge in [0.05, 0.1) is 17.9 Å². The van der Waals surface area contributed by atoms with E-state index in [9.17, 15) is 0 Å². The van der Waals surface area contributed by atoms with Gasteiger partial charge in [-0.1, -0.05) is 18.2 Å². The maximum Gasteiger partial charge on any atom is 0.0755 e. The fourth-order valence-corrected chi connectivity index (χ4v) is 5.12. The fourth-order valence-electron chi connectivity index (χ4n) is 5.12. The Balaban J connectivity index is 1.47. The number of nitrogens with one attached hydrogen (secondary N) is 1. The Labute approximate surface area is 190 Å². The van der Waals surface area contributed by atoms with E-state index in [1.54, 1.807) is 0 Å². The number of benzene rings is 1. The zero-order valence-electron chi connectivity index (χ0n) is 19.0. The highest BCUT2D eigenvalue weighted by Crippen LogP contribution is 2.30. The maximum atomic E-state index is 6.90. The SMILES string of the molecule is Cn1cc(N2CCCc3c(cccc3C(N)=C3CNCCC3=NC3CCOCC3)C2)cn1. The quantitative estimate of drug-likeness (QED) is 0.776. The summed E-state index contributed by atoms with van der Waals surface area (Å²) in [5.74, 6) is 0. The molecule has 2 fully saturated rings. The van der Waals surface area contributed by atoms with Gasteiger partial charge in [-0.2, -0.15) is 5.10 Å². The van der Waals surface area contributed by atoms with Crippen molar-refractivity contribution in [1.29, 1.82) is 0 Å². The second-order valence-corrected chi connectivity index (χ2v) is 9.08. The predicted molar refractivity (Wildman–Crippen MR) is 129 cm³/mol. The summed E-state index contributed by atoms with van der Waals surface area (Å²) in [6.07, 6.45) is 9.15. The first-order valence-electron chi connectivity index (χ1n) is 11.9. The zero-order valence-corrected chi connectivity index (χ0v) is 19.0. The third-order valence-electron chi connectivity index (χ3n) is 6.88. The van der Waals surface area contributed by atoms with E-state index in [-0.39, 0.29) is 0 Å². The lowest BCUT2D eigenvalue weighted by Crippen LogP contribution is -2.34. The largest absolute Gasteiger partial charge is 0.398 e. The monoisotopic (exact) mass is 434 g/mol.